The van der Waals surface area contributed by atoms with E-state index in [-0.39, 0.29) is 5.82 Å². The minimum Gasteiger partial charge on any atom is -0.317 e. The Balaban J connectivity index is 2.55. The Hall–Kier alpha value is -0.890. The van der Waals surface area contributed by atoms with Gasteiger partial charge in [0, 0.05) is 6.04 Å². The van der Waals surface area contributed by atoms with E-state index in [0.29, 0.717) is 12.0 Å². The highest BCUT2D eigenvalue weighted by Gasteiger charge is 2.14. The van der Waals surface area contributed by atoms with E-state index in [1.807, 2.05) is 19.2 Å². The molecule has 0 fully saturated rings. The first-order valence-corrected chi connectivity index (χ1v) is 6.09. The maximum absolute atomic E-state index is 12.8. The summed E-state index contributed by atoms with van der Waals surface area (Å²) in [6.45, 7) is 4.45. The lowest BCUT2D eigenvalue weighted by Gasteiger charge is -2.23. The van der Waals surface area contributed by atoms with E-state index < -0.39 is 0 Å². The van der Waals surface area contributed by atoms with Gasteiger partial charge in [0.2, 0.25) is 0 Å². The van der Waals surface area contributed by atoms with Crippen molar-refractivity contribution in [3.05, 3.63) is 35.6 Å². The molecule has 0 saturated carbocycles. The van der Waals surface area contributed by atoms with Crippen molar-refractivity contribution in [2.45, 2.75) is 39.2 Å². The van der Waals surface area contributed by atoms with Gasteiger partial charge in [0.15, 0.2) is 0 Å². The highest BCUT2D eigenvalue weighted by molar-refractivity contribution is 5.16. The Morgan fingerprint density at radius 3 is 2.38 bits per heavy atom. The molecule has 0 amide bonds. The molecule has 2 atom stereocenters. The molecule has 0 spiro atoms. The fourth-order valence-electron chi connectivity index (χ4n) is 2.16. The summed E-state index contributed by atoms with van der Waals surface area (Å²) >= 11 is 0. The second kappa shape index (κ2) is 6.64. The molecule has 2 unspecified atom stereocenters. The Kier molecular flexibility index (Phi) is 5.47. The van der Waals surface area contributed by atoms with Gasteiger partial charge in [-0.25, -0.2) is 4.39 Å². The first kappa shape index (κ1) is 13.2. The van der Waals surface area contributed by atoms with Crippen molar-refractivity contribution in [1.82, 2.24) is 5.32 Å². The van der Waals surface area contributed by atoms with Gasteiger partial charge in [0.25, 0.3) is 0 Å². The standard InChI is InChI=1S/C14H22FN/c1-4-5-14(16-3)11(2)10-12-6-8-13(15)9-7-12/h6-9,11,14,16H,4-5,10H2,1-3H3. The first-order chi connectivity index (χ1) is 7.67. The molecule has 90 valence electrons. The molecular formula is C14H22FN. The third-order valence-corrected chi connectivity index (χ3v) is 3.13. The van der Waals surface area contributed by atoms with Crippen LogP contribution >= 0.6 is 0 Å². The Bertz CT molecular complexity index is 294. The van der Waals surface area contributed by atoms with Crippen LogP contribution in [0.25, 0.3) is 0 Å². The van der Waals surface area contributed by atoms with E-state index in [2.05, 4.69) is 19.2 Å². The van der Waals surface area contributed by atoms with Crippen LogP contribution in [0.4, 0.5) is 4.39 Å². The second-order valence-corrected chi connectivity index (χ2v) is 4.49. The summed E-state index contributed by atoms with van der Waals surface area (Å²) in [6.07, 6.45) is 3.39. The number of benzene rings is 1. The van der Waals surface area contributed by atoms with Crippen LogP contribution in [0.5, 0.6) is 0 Å². The molecule has 1 aromatic rings. The van der Waals surface area contributed by atoms with Crippen molar-refractivity contribution >= 4 is 0 Å². The van der Waals surface area contributed by atoms with Crippen LogP contribution in [0, 0.1) is 11.7 Å². The van der Waals surface area contributed by atoms with E-state index in [1.165, 1.54) is 30.5 Å². The van der Waals surface area contributed by atoms with E-state index in [1.54, 1.807) is 0 Å². The van der Waals surface area contributed by atoms with Gasteiger partial charge in [0.1, 0.15) is 5.82 Å². The molecule has 0 bridgehead atoms. The molecule has 0 saturated heterocycles. The van der Waals surface area contributed by atoms with Gasteiger partial charge < -0.3 is 5.32 Å². The van der Waals surface area contributed by atoms with Crippen LogP contribution in [0.2, 0.25) is 0 Å². The van der Waals surface area contributed by atoms with Gasteiger partial charge in [0.05, 0.1) is 0 Å². The van der Waals surface area contributed by atoms with Crippen LogP contribution < -0.4 is 5.32 Å². The molecular weight excluding hydrogens is 201 g/mol. The molecule has 0 aromatic heterocycles. The molecule has 0 heterocycles. The zero-order valence-electron chi connectivity index (χ0n) is 10.5. The van der Waals surface area contributed by atoms with Gasteiger partial charge >= 0.3 is 0 Å². The molecule has 1 N–H and O–H groups in total. The summed E-state index contributed by atoms with van der Waals surface area (Å²) < 4.78 is 12.8. The van der Waals surface area contributed by atoms with Crippen molar-refractivity contribution in [2.24, 2.45) is 5.92 Å². The predicted molar refractivity (Wildman–Crippen MR) is 67.0 cm³/mol. The fourth-order valence-corrected chi connectivity index (χ4v) is 2.16. The van der Waals surface area contributed by atoms with Gasteiger partial charge in [-0.1, -0.05) is 32.4 Å². The molecule has 0 aliphatic heterocycles. The lowest BCUT2D eigenvalue weighted by atomic mass is 9.91. The minimum absolute atomic E-state index is 0.157. The van der Waals surface area contributed by atoms with Crippen molar-refractivity contribution in [2.75, 3.05) is 7.05 Å². The topological polar surface area (TPSA) is 12.0 Å². The van der Waals surface area contributed by atoms with Crippen LogP contribution in [-0.2, 0) is 6.42 Å². The van der Waals surface area contributed by atoms with Gasteiger partial charge in [-0.3, -0.25) is 0 Å². The number of hydrogen-bond donors (Lipinski definition) is 1. The zero-order chi connectivity index (χ0) is 12.0. The molecule has 1 nitrogen and oxygen atoms in total. The van der Waals surface area contributed by atoms with Gasteiger partial charge in [-0.15, -0.1) is 0 Å². The Morgan fingerprint density at radius 1 is 1.25 bits per heavy atom. The third-order valence-electron chi connectivity index (χ3n) is 3.13. The molecule has 2 heteroatoms. The van der Waals surface area contributed by atoms with Crippen LogP contribution in [-0.4, -0.2) is 13.1 Å². The number of rotatable bonds is 6. The van der Waals surface area contributed by atoms with Gasteiger partial charge in [-0.2, -0.15) is 0 Å². The average Bonchev–Trinajstić information content (AvgIpc) is 2.29. The largest absolute Gasteiger partial charge is 0.317 e. The van der Waals surface area contributed by atoms with E-state index in [4.69, 9.17) is 0 Å². The predicted octanol–water partition coefficient (Wildman–Crippen LogP) is 3.39. The van der Waals surface area contributed by atoms with Crippen molar-refractivity contribution in [1.29, 1.82) is 0 Å². The SMILES string of the molecule is CCCC(NC)C(C)Cc1ccc(F)cc1. The molecule has 16 heavy (non-hydrogen) atoms. The summed E-state index contributed by atoms with van der Waals surface area (Å²) in [5.74, 6) is 0.422. The van der Waals surface area contributed by atoms with E-state index in [9.17, 15) is 4.39 Å². The minimum atomic E-state index is -0.157. The highest BCUT2D eigenvalue weighted by atomic mass is 19.1. The van der Waals surface area contributed by atoms with Crippen molar-refractivity contribution in [3.8, 4) is 0 Å². The van der Waals surface area contributed by atoms with Crippen molar-refractivity contribution < 1.29 is 4.39 Å². The maximum Gasteiger partial charge on any atom is 0.123 e. The first-order valence-electron chi connectivity index (χ1n) is 6.09. The number of halogens is 1. The second-order valence-electron chi connectivity index (χ2n) is 4.49. The molecule has 1 aromatic carbocycles. The Labute approximate surface area is 98.1 Å². The normalized spacial score (nSPS) is 14.8. The van der Waals surface area contributed by atoms with Crippen LogP contribution in [0.1, 0.15) is 32.3 Å². The molecule has 0 aliphatic rings. The quantitative estimate of drug-likeness (QED) is 0.779. The van der Waals surface area contributed by atoms with Gasteiger partial charge in [-0.05, 0) is 43.5 Å². The smallest absolute Gasteiger partial charge is 0.123 e. The monoisotopic (exact) mass is 223 g/mol. The summed E-state index contributed by atoms with van der Waals surface area (Å²) in [4.78, 5) is 0. The fraction of sp³-hybridized carbons (Fsp3) is 0.571. The van der Waals surface area contributed by atoms with E-state index >= 15 is 0 Å². The zero-order valence-corrected chi connectivity index (χ0v) is 10.5. The number of hydrogen-bond acceptors (Lipinski definition) is 1. The van der Waals surface area contributed by atoms with E-state index in [0.717, 1.165) is 6.42 Å². The third kappa shape index (κ3) is 3.93. The Morgan fingerprint density at radius 2 is 1.88 bits per heavy atom. The lowest BCUT2D eigenvalue weighted by molar-refractivity contribution is 0.372. The number of nitrogens with one attached hydrogen (secondary N) is 1. The van der Waals surface area contributed by atoms with Crippen molar-refractivity contribution in [3.63, 3.8) is 0 Å². The van der Waals surface area contributed by atoms with Crippen LogP contribution in [0.3, 0.4) is 0 Å². The molecule has 1 rings (SSSR count). The summed E-state index contributed by atoms with van der Waals surface area (Å²) in [6, 6.07) is 7.39. The maximum atomic E-state index is 12.8. The average molecular weight is 223 g/mol. The lowest BCUT2D eigenvalue weighted by Crippen LogP contribution is -2.33. The molecule has 0 radical (unpaired) electrons. The van der Waals surface area contributed by atoms with Crippen LogP contribution in [0.15, 0.2) is 24.3 Å². The highest BCUT2D eigenvalue weighted by Crippen LogP contribution is 2.15. The summed E-state index contributed by atoms with van der Waals surface area (Å²) in [5.41, 5.74) is 1.21. The summed E-state index contributed by atoms with van der Waals surface area (Å²) in [5, 5.41) is 3.36. The molecule has 0 aliphatic carbocycles. The summed E-state index contributed by atoms with van der Waals surface area (Å²) in [7, 11) is 2.02.